The van der Waals surface area contributed by atoms with Gasteiger partial charge < -0.3 is 14.8 Å². The molecular formula is C26H25ClN4O4. The summed E-state index contributed by atoms with van der Waals surface area (Å²) in [7, 11) is 0. The third-order valence-electron chi connectivity index (χ3n) is 6.89. The summed E-state index contributed by atoms with van der Waals surface area (Å²) in [5.41, 5.74) is 2.57. The van der Waals surface area contributed by atoms with E-state index in [2.05, 4.69) is 5.32 Å². The molecule has 3 aromatic rings. The van der Waals surface area contributed by atoms with Crippen molar-refractivity contribution >= 4 is 28.9 Å². The van der Waals surface area contributed by atoms with Crippen LogP contribution in [-0.2, 0) is 13.0 Å². The van der Waals surface area contributed by atoms with Crippen molar-refractivity contribution < 1.29 is 9.72 Å². The van der Waals surface area contributed by atoms with Crippen LogP contribution in [0.4, 0.5) is 11.4 Å². The maximum atomic E-state index is 12.7. The normalized spacial score (nSPS) is 18.6. The van der Waals surface area contributed by atoms with E-state index in [0.717, 1.165) is 17.7 Å². The molecule has 2 unspecified atom stereocenters. The van der Waals surface area contributed by atoms with Crippen molar-refractivity contribution in [2.45, 2.75) is 25.3 Å². The van der Waals surface area contributed by atoms with Gasteiger partial charge in [0.1, 0.15) is 5.69 Å². The van der Waals surface area contributed by atoms with Crippen LogP contribution in [-0.4, -0.2) is 35.0 Å². The zero-order chi connectivity index (χ0) is 24.5. The molecule has 9 heteroatoms. The summed E-state index contributed by atoms with van der Waals surface area (Å²) in [5.74, 6) is -0.00644. The van der Waals surface area contributed by atoms with Gasteiger partial charge in [0.2, 0.25) is 0 Å². The topological polar surface area (TPSA) is 97.5 Å². The highest BCUT2D eigenvalue weighted by Crippen LogP contribution is 2.39. The average molecular weight is 493 g/mol. The zero-order valence-corrected chi connectivity index (χ0v) is 19.8. The number of nitrogens with zero attached hydrogens (tertiary/aromatic N) is 3. The van der Waals surface area contributed by atoms with E-state index in [4.69, 9.17) is 11.6 Å². The number of amides is 1. The minimum absolute atomic E-state index is 0.00142. The third kappa shape index (κ3) is 4.66. The van der Waals surface area contributed by atoms with Gasteiger partial charge in [-0.1, -0.05) is 35.9 Å². The van der Waals surface area contributed by atoms with Crippen LogP contribution in [0.2, 0.25) is 5.02 Å². The number of carbonyl (C=O) groups excluding carboxylic acids is 1. The number of benzene rings is 2. The summed E-state index contributed by atoms with van der Waals surface area (Å²) in [6, 6.07) is 17.4. The molecule has 0 saturated carbocycles. The Balaban J connectivity index is 1.33. The van der Waals surface area contributed by atoms with Gasteiger partial charge in [-0.15, -0.1) is 0 Å². The van der Waals surface area contributed by atoms with E-state index in [0.29, 0.717) is 43.3 Å². The quantitative estimate of drug-likeness (QED) is 0.414. The molecular weight excluding hydrogens is 468 g/mol. The first-order valence-corrected chi connectivity index (χ1v) is 12.0. The second-order valence-corrected chi connectivity index (χ2v) is 9.57. The molecule has 2 aliphatic rings. The molecule has 35 heavy (non-hydrogen) atoms. The molecule has 180 valence electrons. The fraction of sp³-hybridized carbons (Fsp3) is 0.308. The summed E-state index contributed by atoms with van der Waals surface area (Å²) in [5, 5.41) is 15.4. The molecule has 1 amide bonds. The third-order valence-corrected chi connectivity index (χ3v) is 7.26. The van der Waals surface area contributed by atoms with E-state index < -0.39 is 4.92 Å². The Morgan fingerprint density at radius 2 is 1.91 bits per heavy atom. The van der Waals surface area contributed by atoms with Crippen molar-refractivity contribution in [1.29, 1.82) is 0 Å². The Morgan fingerprint density at radius 1 is 1.09 bits per heavy atom. The molecule has 0 radical (unpaired) electrons. The maximum Gasteiger partial charge on any atom is 0.293 e. The summed E-state index contributed by atoms with van der Waals surface area (Å²) in [6.07, 6.45) is 1.52. The van der Waals surface area contributed by atoms with Crippen molar-refractivity contribution in [2.75, 3.05) is 24.5 Å². The van der Waals surface area contributed by atoms with E-state index in [1.807, 2.05) is 33.7 Å². The van der Waals surface area contributed by atoms with E-state index in [1.54, 1.807) is 30.3 Å². The van der Waals surface area contributed by atoms with Gasteiger partial charge in [0.25, 0.3) is 17.2 Å². The van der Waals surface area contributed by atoms with Crippen LogP contribution >= 0.6 is 11.6 Å². The molecule has 8 nitrogen and oxygen atoms in total. The number of halogens is 1. The number of anilines is 1. The molecule has 1 saturated heterocycles. The molecule has 5 rings (SSSR count). The number of aromatic nitrogens is 1. The van der Waals surface area contributed by atoms with E-state index in [-0.39, 0.29) is 34.6 Å². The van der Waals surface area contributed by atoms with Gasteiger partial charge >= 0.3 is 0 Å². The molecule has 2 aliphatic heterocycles. The second-order valence-electron chi connectivity index (χ2n) is 9.16. The number of hydrogen-bond donors (Lipinski definition) is 1. The van der Waals surface area contributed by atoms with Crippen molar-refractivity contribution in [3.05, 3.63) is 103 Å². The standard InChI is InChI=1S/C26H25ClN4O4/c27-21-5-2-1-4-18(21)10-11-28-26(33)19-8-9-23(24(13-19)31(34)35)29-14-17-12-20(16-29)22-6-3-7-25(32)30(22)15-17/h1-9,13,17,20H,10-12,14-16H2,(H,28,33). The van der Waals surface area contributed by atoms with Crippen molar-refractivity contribution in [3.8, 4) is 0 Å². The van der Waals surface area contributed by atoms with Gasteiger partial charge in [-0.25, -0.2) is 0 Å². The highest BCUT2D eigenvalue weighted by Gasteiger charge is 2.36. The first-order chi connectivity index (χ1) is 16.9. The molecule has 1 N–H and O–H groups in total. The van der Waals surface area contributed by atoms with Gasteiger partial charge in [0.15, 0.2) is 0 Å². The lowest BCUT2D eigenvalue weighted by Gasteiger charge is -2.43. The van der Waals surface area contributed by atoms with E-state index in [9.17, 15) is 19.7 Å². The number of carbonyl (C=O) groups is 1. The zero-order valence-electron chi connectivity index (χ0n) is 19.0. The molecule has 1 aromatic heterocycles. The Labute approximate surface area is 207 Å². The maximum absolute atomic E-state index is 12.7. The largest absolute Gasteiger partial charge is 0.365 e. The lowest BCUT2D eigenvalue weighted by molar-refractivity contribution is -0.384. The second kappa shape index (κ2) is 9.54. The monoisotopic (exact) mass is 492 g/mol. The molecule has 1 fully saturated rings. The highest BCUT2D eigenvalue weighted by molar-refractivity contribution is 6.31. The van der Waals surface area contributed by atoms with Crippen LogP contribution in [0.5, 0.6) is 0 Å². The first kappa shape index (κ1) is 23.1. The van der Waals surface area contributed by atoms with Crippen molar-refractivity contribution in [3.63, 3.8) is 0 Å². The summed E-state index contributed by atoms with van der Waals surface area (Å²) in [6.45, 7) is 2.19. The predicted octanol–water partition coefficient (Wildman–Crippen LogP) is 4.01. The van der Waals surface area contributed by atoms with Gasteiger partial charge in [0.05, 0.1) is 4.92 Å². The number of fused-ring (bicyclic) bond motifs is 4. The molecule has 2 aromatic carbocycles. The van der Waals surface area contributed by atoms with Crippen molar-refractivity contribution in [2.24, 2.45) is 5.92 Å². The number of piperidine rings is 1. The van der Waals surface area contributed by atoms with E-state index >= 15 is 0 Å². The van der Waals surface area contributed by atoms with Crippen LogP contribution in [0.15, 0.2) is 65.5 Å². The Kier molecular flexibility index (Phi) is 6.30. The minimum atomic E-state index is -0.432. The van der Waals surface area contributed by atoms with Crippen LogP contribution < -0.4 is 15.8 Å². The Morgan fingerprint density at radius 3 is 2.71 bits per heavy atom. The van der Waals surface area contributed by atoms with Gasteiger partial charge in [-0.05, 0) is 48.6 Å². The molecule has 0 aliphatic carbocycles. The van der Waals surface area contributed by atoms with Gasteiger partial charge in [-0.2, -0.15) is 0 Å². The van der Waals surface area contributed by atoms with Gasteiger partial charge in [-0.3, -0.25) is 19.7 Å². The van der Waals surface area contributed by atoms with Crippen LogP contribution in [0, 0.1) is 16.0 Å². The van der Waals surface area contributed by atoms with E-state index in [1.165, 1.54) is 6.07 Å². The average Bonchev–Trinajstić information content (AvgIpc) is 2.85. The lowest BCUT2D eigenvalue weighted by Crippen LogP contribution is -2.47. The number of nitrogens with one attached hydrogen (secondary N) is 1. The molecule has 0 spiro atoms. The fourth-order valence-corrected chi connectivity index (χ4v) is 5.52. The summed E-state index contributed by atoms with van der Waals surface area (Å²) in [4.78, 5) is 38.5. The summed E-state index contributed by atoms with van der Waals surface area (Å²) >= 11 is 6.17. The van der Waals surface area contributed by atoms with Gasteiger partial charge in [0, 0.05) is 60.5 Å². The molecule has 2 bridgehead atoms. The Bertz CT molecular complexity index is 1360. The summed E-state index contributed by atoms with van der Waals surface area (Å²) < 4.78 is 1.83. The van der Waals surface area contributed by atoms with Crippen LogP contribution in [0.25, 0.3) is 0 Å². The predicted molar refractivity (Wildman–Crippen MR) is 134 cm³/mol. The van der Waals surface area contributed by atoms with Crippen molar-refractivity contribution in [1.82, 2.24) is 9.88 Å². The first-order valence-electron chi connectivity index (χ1n) is 11.7. The van der Waals surface area contributed by atoms with Crippen LogP contribution in [0.3, 0.4) is 0 Å². The number of nitro benzene ring substituents is 1. The van der Waals surface area contributed by atoms with Crippen LogP contribution in [0.1, 0.15) is 34.0 Å². The number of pyridine rings is 1. The molecule has 2 atom stereocenters. The Hall–Kier alpha value is -3.65. The number of hydrogen-bond acceptors (Lipinski definition) is 5. The smallest absolute Gasteiger partial charge is 0.293 e. The minimum Gasteiger partial charge on any atom is -0.365 e. The SMILES string of the molecule is O=C(NCCc1ccccc1Cl)c1ccc(N2CC3CC(C2)c2cccc(=O)n2C3)c([N+](=O)[O-])c1. The number of nitro groups is 1. The lowest BCUT2D eigenvalue weighted by atomic mass is 9.83. The molecule has 3 heterocycles. The fourth-order valence-electron chi connectivity index (χ4n) is 5.29. The highest BCUT2D eigenvalue weighted by atomic mass is 35.5. The number of rotatable bonds is 6.